The molecule has 0 bridgehead atoms. The summed E-state index contributed by atoms with van der Waals surface area (Å²) in [5.74, 6) is 0.705. The Balaban J connectivity index is 2.31. The first-order valence-corrected chi connectivity index (χ1v) is 4.65. The topological polar surface area (TPSA) is 54.5 Å². The number of tetrazole rings is 1. The molecule has 1 aromatic heterocycles. The summed E-state index contributed by atoms with van der Waals surface area (Å²) in [7, 11) is 0. The van der Waals surface area contributed by atoms with Crippen LogP contribution in [0.4, 0.5) is 0 Å². The quantitative estimate of drug-likeness (QED) is 0.794. The second-order valence-corrected chi connectivity index (χ2v) is 3.10. The van der Waals surface area contributed by atoms with Gasteiger partial charge >= 0.3 is 0 Å². The molecule has 0 amide bonds. The molecule has 1 aromatic carbocycles. The van der Waals surface area contributed by atoms with Crippen molar-refractivity contribution in [3.63, 3.8) is 0 Å². The Bertz CT molecular complexity index is 394. The third kappa shape index (κ3) is 1.79. The Morgan fingerprint density at radius 2 is 2.43 bits per heavy atom. The summed E-state index contributed by atoms with van der Waals surface area (Å²) in [6.45, 7) is 2.15. The fourth-order valence-corrected chi connectivity index (χ4v) is 1.36. The number of aromatic amines is 1. The largest absolute Gasteiger partial charge is 0.239 e. The van der Waals surface area contributed by atoms with Gasteiger partial charge in [-0.2, -0.15) is 0 Å². The number of aromatic nitrogens is 4. The van der Waals surface area contributed by atoms with E-state index in [9.17, 15) is 0 Å². The zero-order chi connectivity index (χ0) is 9.80. The van der Waals surface area contributed by atoms with Gasteiger partial charge in [0.2, 0.25) is 0 Å². The van der Waals surface area contributed by atoms with Gasteiger partial charge in [-0.05, 0) is 34.5 Å². The van der Waals surface area contributed by atoms with E-state index in [1.165, 1.54) is 5.56 Å². The number of rotatable bonds is 3. The molecule has 14 heavy (non-hydrogen) atoms. The summed E-state index contributed by atoms with van der Waals surface area (Å²) in [5.41, 5.74) is 2.21. The summed E-state index contributed by atoms with van der Waals surface area (Å²) in [6, 6.07) is 9.10. The van der Waals surface area contributed by atoms with E-state index in [1.807, 2.05) is 12.1 Å². The molecule has 0 unspecified atom stereocenters. The van der Waals surface area contributed by atoms with Crippen LogP contribution in [-0.4, -0.2) is 20.6 Å². The fourth-order valence-electron chi connectivity index (χ4n) is 1.36. The molecular weight excluding hydrogens is 176 g/mol. The monoisotopic (exact) mass is 187 g/mol. The van der Waals surface area contributed by atoms with Crippen molar-refractivity contribution >= 4 is 0 Å². The van der Waals surface area contributed by atoms with Crippen LogP contribution in [0.25, 0.3) is 11.4 Å². The van der Waals surface area contributed by atoms with Crippen molar-refractivity contribution in [3.8, 4) is 11.4 Å². The molecule has 1 radical (unpaired) electrons. The molecule has 0 saturated heterocycles. The molecule has 71 valence electrons. The molecule has 2 rings (SSSR count). The average molecular weight is 187 g/mol. The van der Waals surface area contributed by atoms with Gasteiger partial charge in [0.1, 0.15) is 0 Å². The Hall–Kier alpha value is -1.71. The van der Waals surface area contributed by atoms with Crippen LogP contribution in [-0.2, 0) is 6.42 Å². The van der Waals surface area contributed by atoms with E-state index >= 15 is 0 Å². The smallest absolute Gasteiger partial charge is 0.179 e. The van der Waals surface area contributed by atoms with E-state index < -0.39 is 0 Å². The Morgan fingerprint density at radius 3 is 3.14 bits per heavy atom. The average Bonchev–Trinajstić information content (AvgIpc) is 2.71. The molecule has 0 aliphatic heterocycles. The number of benzene rings is 1. The van der Waals surface area contributed by atoms with Gasteiger partial charge in [0, 0.05) is 5.56 Å². The second kappa shape index (κ2) is 4.00. The van der Waals surface area contributed by atoms with Gasteiger partial charge in [0.15, 0.2) is 5.82 Å². The molecule has 0 aliphatic carbocycles. The predicted molar refractivity (Wildman–Crippen MR) is 52.4 cm³/mol. The maximum absolute atomic E-state index is 3.86. The first kappa shape index (κ1) is 8.87. The van der Waals surface area contributed by atoms with Crippen LogP contribution < -0.4 is 0 Å². The lowest BCUT2D eigenvalue weighted by Crippen LogP contribution is -1.86. The number of nitrogens with one attached hydrogen (secondary N) is 1. The highest BCUT2D eigenvalue weighted by molar-refractivity contribution is 5.54. The zero-order valence-corrected chi connectivity index (χ0v) is 7.99. The van der Waals surface area contributed by atoms with Gasteiger partial charge in [0.05, 0.1) is 0 Å². The van der Waals surface area contributed by atoms with Crippen molar-refractivity contribution in [1.29, 1.82) is 0 Å². The van der Waals surface area contributed by atoms with E-state index in [0.717, 1.165) is 18.4 Å². The van der Waals surface area contributed by atoms with Crippen molar-refractivity contribution < 1.29 is 0 Å². The van der Waals surface area contributed by atoms with E-state index in [0.29, 0.717) is 5.82 Å². The maximum atomic E-state index is 3.86. The third-order valence-electron chi connectivity index (χ3n) is 2.00. The minimum atomic E-state index is 0.705. The number of hydrogen-bond donors (Lipinski definition) is 1. The minimum absolute atomic E-state index is 0.705. The molecule has 4 heteroatoms. The van der Waals surface area contributed by atoms with Gasteiger partial charge in [-0.3, -0.25) is 0 Å². The number of H-pyrrole nitrogens is 1. The molecule has 1 N–H and O–H groups in total. The van der Waals surface area contributed by atoms with Crippen LogP contribution in [0.2, 0.25) is 0 Å². The van der Waals surface area contributed by atoms with E-state index in [2.05, 4.69) is 39.7 Å². The molecule has 0 aliphatic rings. The highest BCUT2D eigenvalue weighted by Crippen LogP contribution is 2.15. The molecular formula is C10H11N4. The lowest BCUT2D eigenvalue weighted by atomic mass is 10.1. The highest BCUT2D eigenvalue weighted by atomic mass is 15.5. The molecule has 4 nitrogen and oxygen atoms in total. The van der Waals surface area contributed by atoms with Gasteiger partial charge in [-0.15, -0.1) is 5.10 Å². The van der Waals surface area contributed by atoms with Crippen LogP contribution >= 0.6 is 0 Å². The number of aryl methyl sites for hydroxylation is 1. The van der Waals surface area contributed by atoms with Gasteiger partial charge < -0.3 is 0 Å². The zero-order valence-electron chi connectivity index (χ0n) is 7.99. The lowest BCUT2D eigenvalue weighted by Gasteiger charge is -1.99. The molecule has 0 saturated carbocycles. The Kier molecular flexibility index (Phi) is 2.53. The van der Waals surface area contributed by atoms with E-state index in [4.69, 9.17) is 0 Å². The normalized spacial score (nSPS) is 10.4. The number of nitrogens with zero attached hydrogens (tertiary/aromatic N) is 3. The molecule has 0 atom stereocenters. The standard InChI is InChI=1S/C10H11N4/c1-2-4-8-5-3-6-9(7-8)10-11-13-14-12-10/h3,6-7H,2,4H2,1H3,(H,11,12,13,14). The summed E-state index contributed by atoms with van der Waals surface area (Å²) in [6.07, 6.45) is 2.16. The molecule has 0 fully saturated rings. The Labute approximate surface area is 82.4 Å². The minimum Gasteiger partial charge on any atom is -0.239 e. The predicted octanol–water partition coefficient (Wildman–Crippen LogP) is 1.62. The van der Waals surface area contributed by atoms with Crippen LogP contribution in [0.5, 0.6) is 0 Å². The molecule has 0 spiro atoms. The van der Waals surface area contributed by atoms with Crippen molar-refractivity contribution in [2.75, 3.05) is 0 Å². The van der Waals surface area contributed by atoms with Crippen molar-refractivity contribution in [2.24, 2.45) is 0 Å². The van der Waals surface area contributed by atoms with Gasteiger partial charge in [-0.1, -0.05) is 25.5 Å². The van der Waals surface area contributed by atoms with Crippen LogP contribution in [0.1, 0.15) is 18.9 Å². The third-order valence-corrected chi connectivity index (χ3v) is 2.00. The highest BCUT2D eigenvalue weighted by Gasteiger charge is 2.01. The summed E-state index contributed by atoms with van der Waals surface area (Å²) in [4.78, 5) is 0. The van der Waals surface area contributed by atoms with Gasteiger partial charge in [0.25, 0.3) is 0 Å². The summed E-state index contributed by atoms with van der Waals surface area (Å²) >= 11 is 0. The second-order valence-electron chi connectivity index (χ2n) is 3.10. The SMILES string of the molecule is CCCc1[c]ccc(-c2nnn[nH]2)c1. The first-order valence-electron chi connectivity index (χ1n) is 4.65. The lowest BCUT2D eigenvalue weighted by molar-refractivity contribution is 0.881. The van der Waals surface area contributed by atoms with E-state index in [1.54, 1.807) is 0 Å². The number of hydrogen-bond acceptors (Lipinski definition) is 3. The summed E-state index contributed by atoms with van der Waals surface area (Å²) in [5, 5.41) is 13.7. The van der Waals surface area contributed by atoms with E-state index in [-0.39, 0.29) is 0 Å². The van der Waals surface area contributed by atoms with Crippen molar-refractivity contribution in [3.05, 3.63) is 29.8 Å². The summed E-state index contributed by atoms with van der Waals surface area (Å²) < 4.78 is 0. The van der Waals surface area contributed by atoms with Crippen molar-refractivity contribution in [2.45, 2.75) is 19.8 Å². The van der Waals surface area contributed by atoms with Crippen LogP contribution in [0.3, 0.4) is 0 Å². The van der Waals surface area contributed by atoms with Gasteiger partial charge in [-0.25, -0.2) is 5.10 Å². The van der Waals surface area contributed by atoms with Crippen molar-refractivity contribution in [1.82, 2.24) is 20.6 Å². The fraction of sp³-hybridized carbons (Fsp3) is 0.300. The first-order chi connectivity index (χ1) is 6.90. The maximum Gasteiger partial charge on any atom is 0.179 e. The van der Waals surface area contributed by atoms with Crippen LogP contribution in [0.15, 0.2) is 18.2 Å². The Morgan fingerprint density at radius 1 is 1.50 bits per heavy atom. The molecule has 1 heterocycles. The molecule has 2 aromatic rings. The van der Waals surface area contributed by atoms with Crippen LogP contribution in [0, 0.1) is 6.07 Å².